The average Bonchev–Trinajstić information content (AvgIpc) is 2.60. The Hall–Kier alpha value is -1.07. The Balaban J connectivity index is 2.19. The van der Waals surface area contributed by atoms with Gasteiger partial charge in [-0.15, -0.1) is 0 Å². The van der Waals surface area contributed by atoms with E-state index >= 15 is 0 Å². The van der Waals surface area contributed by atoms with Crippen LogP contribution in [-0.4, -0.2) is 48.5 Å². The lowest BCUT2D eigenvalue weighted by atomic mass is 9.78. The summed E-state index contributed by atoms with van der Waals surface area (Å²) in [6.07, 6.45) is 6.52. The van der Waals surface area contributed by atoms with Gasteiger partial charge in [-0.05, 0) is 56.9 Å². The Kier molecular flexibility index (Phi) is 7.56. The van der Waals surface area contributed by atoms with Crippen molar-refractivity contribution in [1.29, 1.82) is 0 Å². The van der Waals surface area contributed by atoms with Crippen LogP contribution in [0.5, 0.6) is 0 Å². The molecule has 0 aromatic rings. The van der Waals surface area contributed by atoms with Gasteiger partial charge in [-0.1, -0.05) is 13.8 Å². The fourth-order valence-corrected chi connectivity index (χ4v) is 3.77. The van der Waals surface area contributed by atoms with Crippen molar-refractivity contribution >= 4 is 5.91 Å². The second-order valence-corrected chi connectivity index (χ2v) is 7.18. The quantitative estimate of drug-likeness (QED) is 0.775. The molecule has 0 bridgehead atoms. The predicted octanol–water partition coefficient (Wildman–Crippen LogP) is 2.94. The van der Waals surface area contributed by atoms with E-state index in [1.165, 1.54) is 6.42 Å². The van der Waals surface area contributed by atoms with Gasteiger partial charge in [-0.25, -0.2) is 0 Å². The minimum absolute atomic E-state index is 0.00524. The van der Waals surface area contributed by atoms with Crippen molar-refractivity contribution in [2.24, 2.45) is 17.8 Å². The molecule has 1 fully saturated rings. The highest BCUT2D eigenvalue weighted by Gasteiger charge is 2.39. The third-order valence-corrected chi connectivity index (χ3v) is 5.08. The minimum Gasteiger partial charge on any atom is -0.459 e. The number of amides is 1. The topological polar surface area (TPSA) is 59.0 Å². The molecule has 2 heterocycles. The summed E-state index contributed by atoms with van der Waals surface area (Å²) < 4.78 is 11.8. The number of carbonyl (C=O) groups is 1. The first-order valence-electron chi connectivity index (χ1n) is 9.48. The number of hydrogen-bond acceptors (Lipinski definition) is 4. The molecule has 0 saturated carbocycles. The number of carbonyl (C=O) groups excluding carboxylic acids is 1. The van der Waals surface area contributed by atoms with Gasteiger partial charge in [0, 0.05) is 32.2 Å². The molecule has 2 aliphatic heterocycles. The number of rotatable bonds is 7. The highest BCUT2D eigenvalue weighted by atomic mass is 16.7. The lowest BCUT2D eigenvalue weighted by Gasteiger charge is -2.39. The fraction of sp³-hybridized carbons (Fsp3) is 0.842. The van der Waals surface area contributed by atoms with Crippen LogP contribution in [0, 0.1) is 17.8 Å². The van der Waals surface area contributed by atoms with Gasteiger partial charge in [0.15, 0.2) is 5.76 Å². The first kappa shape index (κ1) is 19.3. The molecule has 1 saturated heterocycles. The second kappa shape index (κ2) is 9.42. The van der Waals surface area contributed by atoms with Gasteiger partial charge in [0.2, 0.25) is 6.29 Å². The summed E-state index contributed by atoms with van der Waals surface area (Å²) in [5.41, 5.74) is 0. The number of aliphatic hydroxyl groups is 1. The number of nitrogens with zero attached hydrogens (tertiary/aromatic N) is 1. The van der Waals surface area contributed by atoms with Gasteiger partial charge < -0.3 is 19.5 Å². The van der Waals surface area contributed by atoms with Gasteiger partial charge >= 0.3 is 0 Å². The van der Waals surface area contributed by atoms with E-state index < -0.39 is 6.29 Å². The molecule has 0 unspecified atom stereocenters. The normalized spacial score (nSPS) is 27.8. The summed E-state index contributed by atoms with van der Waals surface area (Å²) in [7, 11) is 0. The van der Waals surface area contributed by atoms with Gasteiger partial charge in [0.05, 0.1) is 0 Å². The number of piperidine rings is 1. The van der Waals surface area contributed by atoms with Gasteiger partial charge in [-0.3, -0.25) is 4.79 Å². The molecule has 138 valence electrons. The van der Waals surface area contributed by atoms with E-state index in [0.717, 1.165) is 38.8 Å². The first-order chi connectivity index (χ1) is 11.6. The van der Waals surface area contributed by atoms with Gasteiger partial charge in [0.1, 0.15) is 0 Å². The summed E-state index contributed by atoms with van der Waals surface area (Å²) >= 11 is 0. The van der Waals surface area contributed by atoms with Crippen molar-refractivity contribution in [3.8, 4) is 0 Å². The molecule has 0 aromatic carbocycles. The van der Waals surface area contributed by atoms with Crippen molar-refractivity contribution in [2.75, 3.05) is 26.3 Å². The Morgan fingerprint density at radius 3 is 2.67 bits per heavy atom. The van der Waals surface area contributed by atoms with E-state index in [0.29, 0.717) is 18.3 Å². The Bertz CT molecular complexity index is 429. The van der Waals surface area contributed by atoms with Crippen LogP contribution >= 0.6 is 0 Å². The van der Waals surface area contributed by atoms with Crippen LogP contribution in [0.4, 0.5) is 0 Å². The van der Waals surface area contributed by atoms with Crippen molar-refractivity contribution < 1.29 is 19.4 Å². The monoisotopic (exact) mass is 339 g/mol. The molecule has 2 aliphatic rings. The summed E-state index contributed by atoms with van der Waals surface area (Å²) in [4.78, 5) is 14.7. The molecule has 5 nitrogen and oxygen atoms in total. The largest absolute Gasteiger partial charge is 0.459 e. The maximum atomic E-state index is 12.8. The van der Waals surface area contributed by atoms with Crippen molar-refractivity contribution in [1.82, 2.24) is 4.90 Å². The Morgan fingerprint density at radius 1 is 1.38 bits per heavy atom. The average molecular weight is 339 g/mol. The number of likely N-dealkylation sites (tertiary alicyclic amines) is 1. The molecule has 0 radical (unpaired) electrons. The van der Waals surface area contributed by atoms with Gasteiger partial charge in [0.25, 0.3) is 5.91 Å². The summed E-state index contributed by atoms with van der Waals surface area (Å²) in [6.45, 7) is 8.65. The van der Waals surface area contributed by atoms with E-state index in [2.05, 4.69) is 13.8 Å². The second-order valence-electron chi connectivity index (χ2n) is 7.18. The molecular formula is C19H33NO4. The summed E-state index contributed by atoms with van der Waals surface area (Å²) in [6, 6.07) is 0. The van der Waals surface area contributed by atoms with Crippen LogP contribution in [0.1, 0.15) is 52.9 Å². The molecule has 1 amide bonds. The third-order valence-electron chi connectivity index (χ3n) is 5.08. The standard InChI is InChI=1S/C19H33NO4/c1-4-23-19-15(9-8-12-21)16(14(2)3)13-17(24-19)18(22)20-10-6-5-7-11-20/h13-16,19,21H,4-12H2,1-3H3/t15-,16-,19-/m0/s1. The molecule has 24 heavy (non-hydrogen) atoms. The summed E-state index contributed by atoms with van der Waals surface area (Å²) in [5, 5.41) is 9.19. The number of ether oxygens (including phenoxy) is 2. The molecule has 0 aromatic heterocycles. The number of allylic oxidation sites excluding steroid dienone is 1. The Labute approximate surface area is 146 Å². The first-order valence-corrected chi connectivity index (χ1v) is 9.48. The van der Waals surface area contributed by atoms with E-state index in [9.17, 15) is 9.90 Å². The summed E-state index contributed by atoms with van der Waals surface area (Å²) in [5.74, 6) is 1.25. The smallest absolute Gasteiger partial charge is 0.288 e. The van der Waals surface area contributed by atoms with Crippen LogP contribution < -0.4 is 0 Å². The zero-order valence-electron chi connectivity index (χ0n) is 15.4. The maximum Gasteiger partial charge on any atom is 0.288 e. The highest BCUT2D eigenvalue weighted by molar-refractivity contribution is 5.91. The molecule has 5 heteroatoms. The zero-order valence-corrected chi connectivity index (χ0v) is 15.4. The Morgan fingerprint density at radius 2 is 2.08 bits per heavy atom. The lowest BCUT2D eigenvalue weighted by Crippen LogP contribution is -2.43. The lowest BCUT2D eigenvalue weighted by molar-refractivity contribution is -0.178. The molecule has 3 atom stereocenters. The molecule has 1 N–H and O–H groups in total. The molecule has 2 rings (SSSR count). The zero-order chi connectivity index (χ0) is 17.5. The van der Waals surface area contributed by atoms with Gasteiger partial charge in [-0.2, -0.15) is 0 Å². The molecular weight excluding hydrogens is 306 g/mol. The third kappa shape index (κ3) is 4.73. The van der Waals surface area contributed by atoms with Crippen LogP contribution in [-0.2, 0) is 14.3 Å². The van der Waals surface area contributed by atoms with Crippen LogP contribution in [0.25, 0.3) is 0 Å². The SMILES string of the molecule is CCO[C@H]1OC(C(=O)N2CCCCC2)=C[C@@H](C(C)C)[C@@H]1CCCO. The predicted molar refractivity (Wildman–Crippen MR) is 93.2 cm³/mol. The minimum atomic E-state index is -0.400. The van der Waals surface area contributed by atoms with Crippen molar-refractivity contribution in [2.45, 2.75) is 59.2 Å². The highest BCUT2D eigenvalue weighted by Crippen LogP contribution is 2.37. The van der Waals surface area contributed by atoms with Crippen LogP contribution in [0.3, 0.4) is 0 Å². The maximum absolute atomic E-state index is 12.8. The molecule has 0 spiro atoms. The fourth-order valence-electron chi connectivity index (χ4n) is 3.77. The number of aliphatic hydroxyl groups excluding tert-OH is 1. The number of hydrogen-bond donors (Lipinski definition) is 1. The van der Waals surface area contributed by atoms with Crippen molar-refractivity contribution in [3.63, 3.8) is 0 Å². The van der Waals surface area contributed by atoms with E-state index in [4.69, 9.17) is 9.47 Å². The molecule has 0 aliphatic carbocycles. The van der Waals surface area contributed by atoms with Crippen molar-refractivity contribution in [3.05, 3.63) is 11.8 Å². The van der Waals surface area contributed by atoms with Crippen LogP contribution in [0.2, 0.25) is 0 Å². The van der Waals surface area contributed by atoms with Crippen LogP contribution in [0.15, 0.2) is 11.8 Å². The van der Waals surface area contributed by atoms with E-state index in [1.54, 1.807) is 0 Å². The van der Waals surface area contributed by atoms with E-state index in [1.807, 2.05) is 17.9 Å². The van der Waals surface area contributed by atoms with E-state index in [-0.39, 0.29) is 24.3 Å².